The minimum atomic E-state index is -0.0598. The number of anilines is 1. The monoisotopic (exact) mass is 320 g/mol. The number of hydrogen-bond acceptors (Lipinski definition) is 4. The Labute approximate surface area is 139 Å². The van der Waals surface area contributed by atoms with Crippen molar-refractivity contribution in [3.8, 4) is 11.5 Å². The van der Waals surface area contributed by atoms with E-state index in [1.165, 1.54) is 0 Å². The molecule has 0 fully saturated rings. The largest absolute Gasteiger partial charge is 0.454 e. The molecule has 0 radical (unpaired) electrons. The van der Waals surface area contributed by atoms with E-state index in [-0.39, 0.29) is 12.7 Å². The molecule has 3 aromatic rings. The highest BCUT2D eigenvalue weighted by Gasteiger charge is 2.13. The fourth-order valence-corrected chi connectivity index (χ4v) is 2.70. The van der Waals surface area contributed by atoms with E-state index in [4.69, 9.17) is 9.47 Å². The Bertz CT molecular complexity index is 908. The summed E-state index contributed by atoms with van der Waals surface area (Å²) in [7, 11) is 0. The number of aryl methyl sites for hydroxylation is 1. The normalized spacial score (nSPS) is 12.3. The molecule has 5 heteroatoms. The molecule has 1 aliphatic rings. The number of aromatic nitrogens is 1. The van der Waals surface area contributed by atoms with Crippen LogP contribution in [0.3, 0.4) is 0 Å². The highest BCUT2D eigenvalue weighted by Crippen LogP contribution is 2.32. The number of benzene rings is 2. The van der Waals surface area contributed by atoms with E-state index < -0.39 is 0 Å². The molecule has 2 aromatic carbocycles. The molecule has 0 bridgehead atoms. The first-order valence-electron chi connectivity index (χ1n) is 7.82. The number of nitrogens with zero attached hydrogens (tertiary/aromatic N) is 1. The van der Waals surface area contributed by atoms with Gasteiger partial charge in [0.2, 0.25) is 12.7 Å². The number of carbonyl (C=O) groups excluding carboxylic acids is 1. The van der Waals surface area contributed by atoms with E-state index >= 15 is 0 Å². The quantitative estimate of drug-likeness (QED) is 0.799. The Morgan fingerprint density at radius 2 is 1.92 bits per heavy atom. The molecule has 24 heavy (non-hydrogen) atoms. The maximum Gasteiger partial charge on any atom is 0.231 e. The topological polar surface area (TPSA) is 60.5 Å². The lowest BCUT2D eigenvalue weighted by Gasteiger charge is -2.06. The molecule has 5 nitrogen and oxygen atoms in total. The zero-order chi connectivity index (χ0) is 16.4. The summed E-state index contributed by atoms with van der Waals surface area (Å²) in [6.45, 7) is 0.257. The summed E-state index contributed by atoms with van der Waals surface area (Å²) in [5.74, 6) is 2.01. The maximum atomic E-state index is 12.1. The fourth-order valence-electron chi connectivity index (χ4n) is 2.70. The molecule has 0 unspecified atom stereocenters. The molecule has 1 aliphatic heterocycles. The van der Waals surface area contributed by atoms with Crippen LogP contribution in [0.1, 0.15) is 12.0 Å². The van der Waals surface area contributed by atoms with Crippen molar-refractivity contribution < 1.29 is 14.3 Å². The third-order valence-corrected chi connectivity index (χ3v) is 3.94. The van der Waals surface area contributed by atoms with Gasteiger partial charge >= 0.3 is 0 Å². The molecule has 120 valence electrons. The lowest BCUT2D eigenvalue weighted by Crippen LogP contribution is -2.13. The van der Waals surface area contributed by atoms with Crippen molar-refractivity contribution in [3.05, 3.63) is 60.2 Å². The molecule has 0 saturated heterocycles. The number of ether oxygens (including phenoxy) is 2. The standard InChI is InChI=1S/C19H16N2O3/c22-19(10-6-13-5-8-16-17(11-13)24-12-23-16)21-18-9-7-14-3-1-2-4-15(14)20-18/h1-5,7-9,11H,6,10,12H2,(H,20,21,22). The molecule has 0 aliphatic carbocycles. The average Bonchev–Trinajstić information content (AvgIpc) is 3.07. The summed E-state index contributed by atoms with van der Waals surface area (Å²) in [5, 5.41) is 3.90. The summed E-state index contributed by atoms with van der Waals surface area (Å²) in [6, 6.07) is 17.3. The Morgan fingerprint density at radius 3 is 2.88 bits per heavy atom. The van der Waals surface area contributed by atoms with Crippen LogP contribution in [0.25, 0.3) is 10.9 Å². The van der Waals surface area contributed by atoms with Gasteiger partial charge in [-0.25, -0.2) is 4.98 Å². The summed E-state index contributed by atoms with van der Waals surface area (Å²) in [6.07, 6.45) is 1.02. The minimum absolute atomic E-state index is 0.0598. The molecule has 0 saturated carbocycles. The molecule has 1 N–H and O–H groups in total. The first-order chi connectivity index (χ1) is 11.8. The zero-order valence-corrected chi connectivity index (χ0v) is 13.0. The van der Waals surface area contributed by atoms with Crippen LogP contribution in [0.5, 0.6) is 11.5 Å². The van der Waals surface area contributed by atoms with Crippen molar-refractivity contribution >= 4 is 22.6 Å². The second kappa shape index (κ2) is 6.20. The Hall–Kier alpha value is -3.08. The van der Waals surface area contributed by atoms with Crippen LogP contribution in [0.15, 0.2) is 54.6 Å². The molecular formula is C19H16N2O3. The molecule has 0 spiro atoms. The van der Waals surface area contributed by atoms with Crippen LogP contribution >= 0.6 is 0 Å². The molecule has 2 heterocycles. The number of pyridine rings is 1. The summed E-state index contributed by atoms with van der Waals surface area (Å²) in [4.78, 5) is 16.6. The number of hydrogen-bond donors (Lipinski definition) is 1. The van der Waals surface area contributed by atoms with Crippen LogP contribution in [0.4, 0.5) is 5.82 Å². The second-order valence-corrected chi connectivity index (χ2v) is 5.62. The van der Waals surface area contributed by atoms with Gasteiger partial charge in [-0.15, -0.1) is 0 Å². The Morgan fingerprint density at radius 1 is 1.04 bits per heavy atom. The van der Waals surface area contributed by atoms with Crippen molar-refractivity contribution in [1.29, 1.82) is 0 Å². The highest BCUT2D eigenvalue weighted by molar-refractivity contribution is 5.91. The van der Waals surface area contributed by atoms with Crippen molar-refractivity contribution in [2.24, 2.45) is 0 Å². The van der Waals surface area contributed by atoms with Gasteiger partial charge < -0.3 is 14.8 Å². The third-order valence-electron chi connectivity index (χ3n) is 3.94. The van der Waals surface area contributed by atoms with Gasteiger partial charge in [0.05, 0.1) is 5.52 Å². The van der Waals surface area contributed by atoms with E-state index in [1.54, 1.807) is 0 Å². The highest BCUT2D eigenvalue weighted by atomic mass is 16.7. The summed E-state index contributed by atoms with van der Waals surface area (Å²) >= 11 is 0. The predicted octanol–water partition coefficient (Wildman–Crippen LogP) is 3.53. The van der Waals surface area contributed by atoms with E-state index in [0.29, 0.717) is 18.7 Å². The molecule has 0 atom stereocenters. The smallest absolute Gasteiger partial charge is 0.231 e. The first-order valence-corrected chi connectivity index (χ1v) is 7.82. The van der Waals surface area contributed by atoms with Crippen LogP contribution < -0.4 is 14.8 Å². The molecular weight excluding hydrogens is 304 g/mol. The number of fused-ring (bicyclic) bond motifs is 2. The number of nitrogens with one attached hydrogen (secondary N) is 1. The number of para-hydroxylation sites is 1. The molecule has 1 aromatic heterocycles. The second-order valence-electron chi connectivity index (χ2n) is 5.62. The number of carbonyl (C=O) groups is 1. The van der Waals surface area contributed by atoms with Crippen LogP contribution in [-0.4, -0.2) is 17.7 Å². The van der Waals surface area contributed by atoms with Crippen LogP contribution in [0, 0.1) is 0 Å². The first kappa shape index (κ1) is 14.5. The van der Waals surface area contributed by atoms with Gasteiger partial charge in [0, 0.05) is 11.8 Å². The summed E-state index contributed by atoms with van der Waals surface area (Å²) in [5.41, 5.74) is 1.91. The van der Waals surface area contributed by atoms with Gasteiger partial charge in [0.15, 0.2) is 11.5 Å². The van der Waals surface area contributed by atoms with Crippen LogP contribution in [-0.2, 0) is 11.2 Å². The molecule has 1 amide bonds. The maximum absolute atomic E-state index is 12.1. The van der Waals surface area contributed by atoms with Crippen LogP contribution in [0.2, 0.25) is 0 Å². The van der Waals surface area contributed by atoms with E-state index in [2.05, 4.69) is 10.3 Å². The van der Waals surface area contributed by atoms with Gasteiger partial charge in [-0.2, -0.15) is 0 Å². The van der Waals surface area contributed by atoms with Crippen molar-refractivity contribution in [2.75, 3.05) is 12.1 Å². The lowest BCUT2D eigenvalue weighted by atomic mass is 10.1. The predicted molar refractivity (Wildman–Crippen MR) is 91.3 cm³/mol. The molecule has 4 rings (SSSR count). The summed E-state index contributed by atoms with van der Waals surface area (Å²) < 4.78 is 10.6. The minimum Gasteiger partial charge on any atom is -0.454 e. The number of rotatable bonds is 4. The van der Waals surface area contributed by atoms with E-state index in [0.717, 1.165) is 28.0 Å². The van der Waals surface area contributed by atoms with Gasteiger partial charge in [-0.1, -0.05) is 24.3 Å². The Kier molecular flexibility index (Phi) is 3.75. The van der Waals surface area contributed by atoms with Gasteiger partial charge in [0.1, 0.15) is 5.82 Å². The van der Waals surface area contributed by atoms with Gasteiger partial charge in [0.25, 0.3) is 0 Å². The average molecular weight is 320 g/mol. The van der Waals surface area contributed by atoms with E-state index in [9.17, 15) is 4.79 Å². The lowest BCUT2D eigenvalue weighted by molar-refractivity contribution is -0.116. The van der Waals surface area contributed by atoms with Gasteiger partial charge in [-0.3, -0.25) is 4.79 Å². The SMILES string of the molecule is O=C(CCc1ccc2c(c1)OCO2)Nc1ccc2ccccc2n1. The zero-order valence-electron chi connectivity index (χ0n) is 13.0. The Balaban J connectivity index is 1.39. The fraction of sp³-hybridized carbons (Fsp3) is 0.158. The van der Waals surface area contributed by atoms with Gasteiger partial charge in [-0.05, 0) is 42.3 Å². The number of amides is 1. The van der Waals surface area contributed by atoms with Crippen molar-refractivity contribution in [1.82, 2.24) is 4.98 Å². The van der Waals surface area contributed by atoms with Crippen molar-refractivity contribution in [2.45, 2.75) is 12.8 Å². The van der Waals surface area contributed by atoms with E-state index in [1.807, 2.05) is 54.6 Å². The third kappa shape index (κ3) is 3.01. The van der Waals surface area contributed by atoms with Crippen molar-refractivity contribution in [3.63, 3.8) is 0 Å².